The van der Waals surface area contributed by atoms with E-state index < -0.39 is 11.4 Å². The van der Waals surface area contributed by atoms with E-state index in [0.29, 0.717) is 22.6 Å². The van der Waals surface area contributed by atoms with E-state index in [0.717, 1.165) is 11.1 Å². The molecule has 4 aromatic rings. The first-order valence-corrected chi connectivity index (χ1v) is 11.2. The zero-order chi connectivity index (χ0) is 23.6. The van der Waals surface area contributed by atoms with Crippen LogP contribution in [0.5, 0.6) is 5.75 Å². The third kappa shape index (κ3) is 5.18. The third-order valence-electron chi connectivity index (χ3n) is 5.50. The maximum absolute atomic E-state index is 13.3. The third-order valence-corrected chi connectivity index (χ3v) is 5.74. The average molecular weight is 461 g/mol. The first-order chi connectivity index (χ1) is 15.7. The Labute approximate surface area is 197 Å². The summed E-state index contributed by atoms with van der Waals surface area (Å²) in [6.07, 6.45) is 0.652. The molecule has 0 aliphatic carbocycles. The van der Waals surface area contributed by atoms with Gasteiger partial charge in [-0.25, -0.2) is 0 Å². The summed E-state index contributed by atoms with van der Waals surface area (Å²) in [5.74, 6) is -0.394. The van der Waals surface area contributed by atoms with Gasteiger partial charge in [-0.3, -0.25) is 9.59 Å². The van der Waals surface area contributed by atoms with Gasteiger partial charge in [0.25, 0.3) is 0 Å². The van der Waals surface area contributed by atoms with Gasteiger partial charge in [-0.05, 0) is 41.2 Å². The van der Waals surface area contributed by atoms with Crippen molar-refractivity contribution in [3.8, 4) is 17.1 Å². The van der Waals surface area contributed by atoms with Gasteiger partial charge in [-0.1, -0.05) is 87.0 Å². The lowest BCUT2D eigenvalue weighted by Crippen LogP contribution is -2.16. The first kappa shape index (κ1) is 22.8. The number of halogens is 1. The Morgan fingerprint density at radius 2 is 1.67 bits per heavy atom. The minimum Gasteiger partial charge on any atom is -0.452 e. The van der Waals surface area contributed by atoms with Crippen molar-refractivity contribution < 1.29 is 13.9 Å². The Bertz CT molecular complexity index is 1350. The number of aryl methyl sites for hydroxylation is 1. The zero-order valence-corrected chi connectivity index (χ0v) is 19.6. The minimum absolute atomic E-state index is 0.0216. The van der Waals surface area contributed by atoms with E-state index in [9.17, 15) is 9.59 Å². The largest absolute Gasteiger partial charge is 0.452 e. The SMILES string of the molecule is CC(C)(C)c1ccc(-c2oc3ccc(Cl)cc3c(=O)c2OC(=O)CCc2ccccc2)cc1. The topological polar surface area (TPSA) is 56.5 Å². The van der Waals surface area contributed by atoms with Crippen molar-refractivity contribution in [3.63, 3.8) is 0 Å². The van der Waals surface area contributed by atoms with Gasteiger partial charge in [-0.2, -0.15) is 0 Å². The molecule has 0 radical (unpaired) electrons. The van der Waals surface area contributed by atoms with Crippen LogP contribution in [0.15, 0.2) is 82.0 Å². The highest BCUT2D eigenvalue weighted by Crippen LogP contribution is 2.33. The van der Waals surface area contributed by atoms with Gasteiger partial charge in [0.1, 0.15) is 5.58 Å². The molecule has 0 unspecified atom stereocenters. The average Bonchev–Trinajstić information content (AvgIpc) is 2.80. The molecule has 1 heterocycles. The molecule has 0 fully saturated rings. The van der Waals surface area contributed by atoms with E-state index >= 15 is 0 Å². The lowest BCUT2D eigenvalue weighted by molar-refractivity contribution is -0.134. The number of benzene rings is 3. The van der Waals surface area contributed by atoms with E-state index in [2.05, 4.69) is 20.8 Å². The Morgan fingerprint density at radius 1 is 0.970 bits per heavy atom. The van der Waals surface area contributed by atoms with E-state index in [1.54, 1.807) is 12.1 Å². The molecule has 33 heavy (non-hydrogen) atoms. The summed E-state index contributed by atoms with van der Waals surface area (Å²) >= 11 is 6.09. The molecule has 5 heteroatoms. The molecule has 0 saturated carbocycles. The number of fused-ring (bicyclic) bond motifs is 1. The van der Waals surface area contributed by atoms with E-state index in [1.807, 2.05) is 54.6 Å². The number of hydrogen-bond acceptors (Lipinski definition) is 4. The minimum atomic E-state index is -0.500. The summed E-state index contributed by atoms with van der Waals surface area (Å²) < 4.78 is 11.7. The Morgan fingerprint density at radius 3 is 2.33 bits per heavy atom. The Hall–Kier alpha value is -3.37. The second-order valence-electron chi connectivity index (χ2n) is 9.02. The van der Waals surface area contributed by atoms with Gasteiger partial charge in [-0.15, -0.1) is 0 Å². The fourth-order valence-corrected chi connectivity index (χ4v) is 3.78. The summed E-state index contributed by atoms with van der Waals surface area (Å²) in [6.45, 7) is 6.38. The quantitative estimate of drug-likeness (QED) is 0.302. The number of hydrogen-bond donors (Lipinski definition) is 0. The molecule has 3 aromatic carbocycles. The molecule has 168 valence electrons. The molecule has 0 aliphatic heterocycles. The van der Waals surface area contributed by atoms with Crippen molar-refractivity contribution in [1.29, 1.82) is 0 Å². The molecule has 0 bridgehead atoms. The van der Waals surface area contributed by atoms with Crippen molar-refractivity contribution in [2.24, 2.45) is 0 Å². The molecule has 0 spiro atoms. The summed E-state index contributed by atoms with van der Waals surface area (Å²) in [4.78, 5) is 26.0. The van der Waals surface area contributed by atoms with Crippen LogP contribution < -0.4 is 10.2 Å². The van der Waals surface area contributed by atoms with Crippen LogP contribution in [0.25, 0.3) is 22.3 Å². The monoisotopic (exact) mass is 460 g/mol. The van der Waals surface area contributed by atoms with Gasteiger partial charge < -0.3 is 9.15 Å². The van der Waals surface area contributed by atoms with E-state index in [-0.39, 0.29) is 28.7 Å². The lowest BCUT2D eigenvalue weighted by Gasteiger charge is -2.19. The van der Waals surface area contributed by atoms with Crippen molar-refractivity contribution in [2.45, 2.75) is 39.0 Å². The van der Waals surface area contributed by atoms with Crippen molar-refractivity contribution in [1.82, 2.24) is 0 Å². The van der Waals surface area contributed by atoms with E-state index in [1.165, 1.54) is 6.07 Å². The molecule has 0 N–H and O–H groups in total. The number of rotatable bonds is 5. The standard InChI is InChI=1S/C28H25ClO4/c1-28(2,3)20-12-10-19(11-13-20)26-27(25(31)22-17-21(29)14-15-23(22)32-26)33-24(30)16-9-18-7-5-4-6-8-18/h4-8,10-15,17H,9,16H2,1-3H3. The number of ether oxygens (including phenoxy) is 1. The van der Waals surface area contributed by atoms with Crippen molar-refractivity contribution in [2.75, 3.05) is 0 Å². The molecule has 1 aromatic heterocycles. The Balaban J connectivity index is 1.73. The highest BCUT2D eigenvalue weighted by molar-refractivity contribution is 6.31. The first-order valence-electron chi connectivity index (χ1n) is 10.8. The molecule has 0 saturated heterocycles. The summed E-state index contributed by atoms with van der Waals surface area (Å²) in [5.41, 5.74) is 2.74. The molecule has 0 amide bonds. The number of esters is 1. The second kappa shape index (κ2) is 9.24. The van der Waals surface area contributed by atoms with Gasteiger partial charge >= 0.3 is 5.97 Å². The van der Waals surface area contributed by atoms with Crippen LogP contribution in [0.4, 0.5) is 0 Å². The predicted octanol–water partition coefficient (Wildman–Crippen LogP) is 6.95. The van der Waals surface area contributed by atoms with Crippen LogP contribution in [-0.2, 0) is 16.6 Å². The molecular formula is C28H25ClO4. The second-order valence-corrected chi connectivity index (χ2v) is 9.45. The molecule has 0 aliphatic rings. The maximum atomic E-state index is 13.3. The van der Waals surface area contributed by atoms with Crippen LogP contribution in [0, 0.1) is 0 Å². The predicted molar refractivity (Wildman–Crippen MR) is 132 cm³/mol. The highest BCUT2D eigenvalue weighted by Gasteiger charge is 2.22. The summed E-state index contributed by atoms with van der Waals surface area (Å²) in [6, 6.07) is 22.2. The number of carbonyl (C=O) groups is 1. The fraction of sp³-hybridized carbons (Fsp3) is 0.214. The molecule has 4 rings (SSSR count). The van der Waals surface area contributed by atoms with Gasteiger partial charge in [0.2, 0.25) is 11.2 Å². The fourth-order valence-electron chi connectivity index (χ4n) is 3.61. The lowest BCUT2D eigenvalue weighted by atomic mass is 9.86. The molecule has 0 atom stereocenters. The van der Waals surface area contributed by atoms with Crippen LogP contribution in [0.1, 0.15) is 38.3 Å². The highest BCUT2D eigenvalue weighted by atomic mass is 35.5. The van der Waals surface area contributed by atoms with Crippen LogP contribution in [-0.4, -0.2) is 5.97 Å². The zero-order valence-electron chi connectivity index (χ0n) is 18.9. The van der Waals surface area contributed by atoms with Crippen LogP contribution >= 0.6 is 11.6 Å². The number of carbonyl (C=O) groups excluding carboxylic acids is 1. The normalized spacial score (nSPS) is 11.5. The van der Waals surface area contributed by atoms with Gasteiger partial charge in [0.15, 0.2) is 5.76 Å². The van der Waals surface area contributed by atoms with Crippen molar-refractivity contribution in [3.05, 3.63) is 99.2 Å². The maximum Gasteiger partial charge on any atom is 0.311 e. The molecular weight excluding hydrogens is 436 g/mol. The van der Waals surface area contributed by atoms with E-state index in [4.69, 9.17) is 20.8 Å². The smallest absolute Gasteiger partial charge is 0.311 e. The van der Waals surface area contributed by atoms with Crippen molar-refractivity contribution >= 4 is 28.5 Å². The summed E-state index contributed by atoms with van der Waals surface area (Å²) in [5, 5.41) is 0.668. The van der Waals surface area contributed by atoms with Crippen LogP contribution in [0.3, 0.4) is 0 Å². The van der Waals surface area contributed by atoms with Crippen LogP contribution in [0.2, 0.25) is 5.02 Å². The van der Waals surface area contributed by atoms with Gasteiger partial charge in [0.05, 0.1) is 5.39 Å². The summed E-state index contributed by atoms with van der Waals surface area (Å²) in [7, 11) is 0. The Kier molecular flexibility index (Phi) is 6.39. The molecule has 4 nitrogen and oxygen atoms in total. The van der Waals surface area contributed by atoms with Gasteiger partial charge in [0, 0.05) is 17.0 Å².